The summed E-state index contributed by atoms with van der Waals surface area (Å²) in [4.78, 5) is 0. The van der Waals surface area contributed by atoms with Gasteiger partial charge in [-0.25, -0.2) is 0 Å². The Balaban J connectivity index is 1.12. The average Bonchev–Trinajstić information content (AvgIpc) is 3.63. The molecule has 59 heavy (non-hydrogen) atoms. The van der Waals surface area contributed by atoms with Crippen molar-refractivity contribution in [2.75, 3.05) is 0 Å². The molecule has 4 nitrogen and oxygen atoms in total. The van der Waals surface area contributed by atoms with Crippen LogP contribution in [0.3, 0.4) is 0 Å². The minimum Gasteiger partial charge on any atom is -0.366 e. The van der Waals surface area contributed by atoms with Gasteiger partial charge in [0.05, 0.1) is 11.6 Å². The molecule has 1 aromatic heterocycles. The van der Waals surface area contributed by atoms with E-state index in [0.717, 1.165) is 24.1 Å². The molecule has 4 heteroatoms. The summed E-state index contributed by atoms with van der Waals surface area (Å²) in [7, 11) is 0. The van der Waals surface area contributed by atoms with Crippen LogP contribution in [0.25, 0.3) is 49.4 Å². The molecule has 0 fully saturated rings. The van der Waals surface area contributed by atoms with E-state index in [4.69, 9.17) is 0 Å². The zero-order valence-electron chi connectivity index (χ0n) is 33.4. The lowest BCUT2D eigenvalue weighted by atomic mass is 9.87. The van der Waals surface area contributed by atoms with Crippen LogP contribution in [0.1, 0.15) is 65.0 Å². The maximum Gasteiger partial charge on any atom is 0.258 e. The molecule has 0 spiro atoms. The first kappa shape index (κ1) is 35.2. The Labute approximate surface area is 345 Å². The van der Waals surface area contributed by atoms with Crippen LogP contribution in [0, 0.1) is 0 Å². The Kier molecular flexibility index (Phi) is 8.60. The van der Waals surface area contributed by atoms with E-state index in [0.29, 0.717) is 0 Å². The van der Waals surface area contributed by atoms with Crippen LogP contribution in [-0.2, 0) is 12.8 Å². The van der Waals surface area contributed by atoms with E-state index in [1.54, 1.807) is 0 Å². The summed E-state index contributed by atoms with van der Waals surface area (Å²) in [6, 6.07) is 66.6. The molecule has 8 aromatic carbocycles. The minimum absolute atomic E-state index is 0.000270. The molecular formula is C55H45N4+. The molecule has 0 saturated heterocycles. The van der Waals surface area contributed by atoms with Crippen molar-refractivity contribution in [2.24, 2.45) is 0 Å². The van der Waals surface area contributed by atoms with E-state index in [2.05, 4.69) is 222 Å². The summed E-state index contributed by atoms with van der Waals surface area (Å²) in [6.07, 6.45) is 4.24. The summed E-state index contributed by atoms with van der Waals surface area (Å²) >= 11 is 0. The maximum absolute atomic E-state index is 3.92. The highest BCUT2D eigenvalue weighted by Gasteiger charge is 2.43. The Hall–Kier alpha value is -7.01. The number of aromatic nitrogens is 1. The van der Waals surface area contributed by atoms with Gasteiger partial charge in [0.25, 0.3) is 11.4 Å². The number of benzene rings is 8. The van der Waals surface area contributed by atoms with Crippen LogP contribution in [0.5, 0.6) is 0 Å². The zero-order valence-corrected chi connectivity index (χ0v) is 33.4. The smallest absolute Gasteiger partial charge is 0.258 e. The number of nitrogens with one attached hydrogen (secondary N) is 2. The van der Waals surface area contributed by atoms with Crippen molar-refractivity contribution in [2.45, 2.75) is 38.9 Å². The second-order valence-corrected chi connectivity index (χ2v) is 15.8. The summed E-state index contributed by atoms with van der Waals surface area (Å²) in [5.41, 5.74) is 17.5. The van der Waals surface area contributed by atoms with Gasteiger partial charge >= 0.3 is 0 Å². The number of rotatable bonds is 8. The van der Waals surface area contributed by atoms with E-state index in [9.17, 15) is 0 Å². The molecule has 2 unspecified atom stereocenters. The van der Waals surface area contributed by atoms with Gasteiger partial charge in [-0.15, -0.1) is 4.68 Å². The largest absolute Gasteiger partial charge is 0.366 e. The monoisotopic (exact) mass is 761 g/mol. The number of hydrogen-bond donors (Lipinski definition) is 2. The number of hydrogen-bond acceptors (Lipinski definition) is 2. The van der Waals surface area contributed by atoms with Crippen LogP contribution in [0.15, 0.2) is 188 Å². The van der Waals surface area contributed by atoms with Gasteiger partial charge in [0.2, 0.25) is 0 Å². The normalized spacial score (nSPS) is 16.2. The molecule has 9 aromatic rings. The van der Waals surface area contributed by atoms with Crippen LogP contribution in [0.2, 0.25) is 0 Å². The van der Waals surface area contributed by atoms with Gasteiger partial charge in [0, 0.05) is 22.5 Å². The summed E-state index contributed by atoms with van der Waals surface area (Å²) in [6.45, 7) is 4.53. The fourth-order valence-corrected chi connectivity index (χ4v) is 9.52. The van der Waals surface area contributed by atoms with E-state index >= 15 is 0 Å². The fourth-order valence-electron chi connectivity index (χ4n) is 9.52. The summed E-state index contributed by atoms with van der Waals surface area (Å²) in [5, 5.41) is 12.8. The van der Waals surface area contributed by atoms with Crippen LogP contribution in [-0.4, -0.2) is 10.4 Å². The molecule has 2 atom stereocenters. The molecule has 284 valence electrons. The van der Waals surface area contributed by atoms with Gasteiger partial charge in [-0.05, 0) is 92.9 Å². The Morgan fingerprint density at radius 3 is 2.03 bits per heavy atom. The predicted molar refractivity (Wildman–Crippen MR) is 247 cm³/mol. The molecule has 2 aliphatic rings. The van der Waals surface area contributed by atoms with E-state index in [1.165, 1.54) is 88.5 Å². The molecule has 2 N–H and O–H groups in total. The average molecular weight is 762 g/mol. The Morgan fingerprint density at radius 1 is 0.542 bits per heavy atom. The molecular weight excluding hydrogens is 717 g/mol. The highest BCUT2D eigenvalue weighted by Crippen LogP contribution is 2.42. The number of aryl methyl sites for hydroxylation is 2. The van der Waals surface area contributed by atoms with Gasteiger partial charge in [0.1, 0.15) is 22.8 Å². The first-order valence-corrected chi connectivity index (χ1v) is 21.0. The maximum atomic E-state index is 3.92. The summed E-state index contributed by atoms with van der Waals surface area (Å²) in [5.74, 6) is 0. The van der Waals surface area contributed by atoms with Crippen molar-refractivity contribution < 1.29 is 0 Å². The van der Waals surface area contributed by atoms with E-state index in [1.807, 2.05) is 0 Å². The summed E-state index contributed by atoms with van der Waals surface area (Å²) < 4.78 is 4.98. The van der Waals surface area contributed by atoms with Crippen molar-refractivity contribution in [3.63, 3.8) is 0 Å². The van der Waals surface area contributed by atoms with Crippen LogP contribution in [0.4, 0.5) is 5.69 Å². The van der Waals surface area contributed by atoms with Gasteiger partial charge in [0.15, 0.2) is 0 Å². The third-order valence-electron chi connectivity index (χ3n) is 12.5. The van der Waals surface area contributed by atoms with Crippen molar-refractivity contribution >= 4 is 49.7 Å². The molecule has 0 aliphatic carbocycles. The van der Waals surface area contributed by atoms with Crippen molar-refractivity contribution in [1.82, 2.24) is 20.0 Å². The lowest BCUT2D eigenvalue weighted by molar-refractivity contribution is 0.443. The van der Waals surface area contributed by atoms with E-state index < -0.39 is 0 Å². The minimum atomic E-state index is -0.0750. The quantitative estimate of drug-likeness (QED) is 0.151. The van der Waals surface area contributed by atoms with Crippen molar-refractivity contribution in [1.29, 1.82) is 0 Å². The van der Waals surface area contributed by atoms with Crippen molar-refractivity contribution in [3.8, 4) is 11.1 Å². The van der Waals surface area contributed by atoms with Crippen molar-refractivity contribution in [3.05, 3.63) is 227 Å². The molecule has 0 bridgehead atoms. The van der Waals surface area contributed by atoms with E-state index in [-0.39, 0.29) is 12.2 Å². The number of nitrogens with zero attached hydrogens (tertiary/aromatic N) is 2. The van der Waals surface area contributed by atoms with Crippen LogP contribution < -0.4 is 15.3 Å². The molecule has 0 saturated carbocycles. The second kappa shape index (κ2) is 14.4. The Morgan fingerprint density at radius 2 is 1.22 bits per heavy atom. The standard InChI is InChI=1S/C55H45N4/c1-3-36-16-11-14-24-45(36)54-52-37(4-2)22-15-25-50(52)59(54)58-49-32-31-43(34-46(49)53-44-23-13-12-19-40(44)30-33-51(53)58)48-35-47(56-55(57-48)42-20-9-6-10-21-42)41-28-26-39(27-29-41)38-17-7-5-8-18-38/h5-35,47,55-57H,3-4H2,1-2H3/q+1. The first-order valence-electron chi connectivity index (χ1n) is 21.0. The lowest BCUT2D eigenvalue weighted by Crippen LogP contribution is -2.39. The first-order chi connectivity index (χ1) is 29.2. The molecule has 11 rings (SSSR count). The third kappa shape index (κ3) is 5.82. The fraction of sp³-hybridized carbons (Fsp3) is 0.109. The van der Waals surface area contributed by atoms with Gasteiger partial charge < -0.3 is 5.32 Å². The topological polar surface area (TPSA) is 32.0 Å². The Bertz CT molecular complexity index is 3120. The number of fused-ring (bicyclic) bond motifs is 6. The highest BCUT2D eigenvalue weighted by atomic mass is 15.5. The molecule has 0 amide bonds. The molecule has 3 heterocycles. The van der Waals surface area contributed by atoms with Gasteiger partial charge in [-0.1, -0.05) is 170 Å². The third-order valence-corrected chi connectivity index (χ3v) is 12.5. The molecule has 0 radical (unpaired) electrons. The lowest BCUT2D eigenvalue weighted by Gasteiger charge is -2.33. The second-order valence-electron chi connectivity index (χ2n) is 15.8. The highest BCUT2D eigenvalue weighted by molar-refractivity contribution is 6.26. The van der Waals surface area contributed by atoms with Gasteiger partial charge in [-0.3, -0.25) is 5.32 Å². The predicted octanol–water partition coefficient (Wildman–Crippen LogP) is 12.5. The van der Waals surface area contributed by atoms with Gasteiger partial charge in [-0.2, -0.15) is 0 Å². The zero-order chi connectivity index (χ0) is 39.5. The van der Waals surface area contributed by atoms with Crippen LogP contribution >= 0.6 is 0 Å². The SMILES string of the molecule is CCc1ccccc1C1=[N+](n2c3ccc(C4=CC(c5ccc(-c6ccccc6)cc5)NC(c5ccccc5)N4)cc3c3c4ccccc4ccc32)c2cccc(CC)c21. The molecule has 2 aliphatic heterocycles.